The van der Waals surface area contributed by atoms with Crippen molar-refractivity contribution in [3.05, 3.63) is 60.7 Å². The summed E-state index contributed by atoms with van der Waals surface area (Å²) in [5, 5.41) is 8.35. The van der Waals surface area contributed by atoms with E-state index in [1.165, 1.54) is 0 Å². The van der Waals surface area contributed by atoms with Gasteiger partial charge in [-0.05, 0) is 55.5 Å². The quantitative estimate of drug-likeness (QED) is 0.275. The fraction of sp³-hybridized carbons (Fsp3) is 0.250. The lowest BCUT2D eigenvalue weighted by atomic mass is 10.3. The van der Waals surface area contributed by atoms with Crippen molar-refractivity contribution in [1.82, 2.24) is 0 Å². The maximum absolute atomic E-state index is 11.2. The van der Waals surface area contributed by atoms with Crippen molar-refractivity contribution in [1.29, 1.82) is 0 Å². The Morgan fingerprint density at radius 3 is 1.96 bits per heavy atom. The molecule has 0 saturated carbocycles. The topological polar surface area (TPSA) is 69.5 Å². The van der Waals surface area contributed by atoms with Gasteiger partial charge in [0.05, 0.1) is 31.7 Å². The number of hydrogen-bond acceptors (Lipinski definition) is 6. The van der Waals surface area contributed by atoms with Gasteiger partial charge in [-0.25, -0.2) is 4.79 Å². The van der Waals surface area contributed by atoms with Crippen LogP contribution < -0.4 is 9.47 Å². The highest BCUT2D eigenvalue weighted by molar-refractivity contribution is 5.86. The van der Waals surface area contributed by atoms with Crippen molar-refractivity contribution in [2.75, 3.05) is 20.3 Å². The molecular formula is C20H22N2O4. The lowest BCUT2D eigenvalue weighted by molar-refractivity contribution is -0.139. The van der Waals surface area contributed by atoms with Gasteiger partial charge in [-0.15, -0.1) is 0 Å². The van der Waals surface area contributed by atoms with Crippen LogP contribution in [-0.2, 0) is 9.53 Å². The third-order valence-corrected chi connectivity index (χ3v) is 3.33. The first-order valence-corrected chi connectivity index (χ1v) is 8.20. The minimum absolute atomic E-state index is 0.305. The van der Waals surface area contributed by atoms with E-state index in [2.05, 4.69) is 16.8 Å². The Labute approximate surface area is 153 Å². The summed E-state index contributed by atoms with van der Waals surface area (Å²) >= 11 is 0. The van der Waals surface area contributed by atoms with Crippen LogP contribution in [0.1, 0.15) is 13.3 Å². The number of benzene rings is 2. The summed E-state index contributed by atoms with van der Waals surface area (Å²) in [5.41, 5.74) is 1.87. The van der Waals surface area contributed by atoms with Gasteiger partial charge in [-0.3, -0.25) is 0 Å². The van der Waals surface area contributed by atoms with Crippen molar-refractivity contribution in [2.24, 2.45) is 10.2 Å². The standard InChI is InChI=1S/C20H22N2O4/c1-15(2)20(23)26-14-4-13-25-19-11-7-17(8-12-19)22-21-16-5-9-18(24-3)10-6-16/h5-12H,1,4,13-14H2,2-3H3. The molecule has 2 aromatic rings. The first-order valence-electron chi connectivity index (χ1n) is 8.20. The van der Waals surface area contributed by atoms with Gasteiger partial charge in [0.15, 0.2) is 0 Å². The Kier molecular flexibility index (Phi) is 7.36. The molecule has 6 heteroatoms. The summed E-state index contributed by atoms with van der Waals surface area (Å²) in [6.07, 6.45) is 0.609. The third kappa shape index (κ3) is 6.39. The van der Waals surface area contributed by atoms with E-state index in [0.717, 1.165) is 22.9 Å². The monoisotopic (exact) mass is 354 g/mol. The van der Waals surface area contributed by atoms with Gasteiger partial charge in [0.2, 0.25) is 0 Å². The number of carbonyl (C=O) groups excluding carboxylic acids is 1. The van der Waals surface area contributed by atoms with Crippen LogP contribution >= 0.6 is 0 Å². The molecule has 0 aliphatic heterocycles. The lowest BCUT2D eigenvalue weighted by Gasteiger charge is -2.07. The highest BCUT2D eigenvalue weighted by Crippen LogP contribution is 2.22. The second kappa shape index (κ2) is 9.98. The van der Waals surface area contributed by atoms with Crippen molar-refractivity contribution >= 4 is 17.3 Å². The van der Waals surface area contributed by atoms with E-state index in [0.29, 0.717) is 25.2 Å². The van der Waals surface area contributed by atoms with Crippen molar-refractivity contribution in [3.8, 4) is 11.5 Å². The first kappa shape index (κ1) is 19.2. The number of azo groups is 1. The molecule has 0 aliphatic rings. The molecule has 0 bridgehead atoms. The van der Waals surface area contributed by atoms with Gasteiger partial charge < -0.3 is 14.2 Å². The molecule has 0 N–H and O–H groups in total. The number of rotatable bonds is 9. The van der Waals surface area contributed by atoms with Gasteiger partial charge in [-0.1, -0.05) is 6.58 Å². The van der Waals surface area contributed by atoms with Crippen LogP contribution in [0.3, 0.4) is 0 Å². The average molecular weight is 354 g/mol. The predicted molar refractivity (Wildman–Crippen MR) is 99.5 cm³/mol. The van der Waals surface area contributed by atoms with E-state index in [1.54, 1.807) is 14.0 Å². The molecule has 0 unspecified atom stereocenters. The highest BCUT2D eigenvalue weighted by Gasteiger charge is 2.02. The van der Waals surface area contributed by atoms with Crippen LogP contribution in [0.5, 0.6) is 11.5 Å². The van der Waals surface area contributed by atoms with Crippen molar-refractivity contribution in [3.63, 3.8) is 0 Å². The van der Waals surface area contributed by atoms with Crippen LogP contribution in [0.25, 0.3) is 0 Å². The number of methoxy groups -OCH3 is 1. The molecule has 136 valence electrons. The minimum Gasteiger partial charge on any atom is -0.497 e. The molecule has 26 heavy (non-hydrogen) atoms. The molecule has 0 saturated heterocycles. The van der Waals surface area contributed by atoms with Crippen molar-refractivity contribution < 1.29 is 19.0 Å². The predicted octanol–water partition coefficient (Wildman–Crippen LogP) is 5.00. The molecule has 0 amide bonds. The van der Waals surface area contributed by atoms with E-state index in [9.17, 15) is 4.79 Å². The summed E-state index contributed by atoms with van der Waals surface area (Å²) in [7, 11) is 1.62. The van der Waals surface area contributed by atoms with E-state index in [-0.39, 0.29) is 5.97 Å². The summed E-state index contributed by atoms with van der Waals surface area (Å²) in [6, 6.07) is 14.6. The Bertz CT molecular complexity index is 752. The molecule has 6 nitrogen and oxygen atoms in total. The summed E-state index contributed by atoms with van der Waals surface area (Å²) in [4.78, 5) is 11.2. The van der Waals surface area contributed by atoms with E-state index < -0.39 is 0 Å². The number of esters is 1. The maximum atomic E-state index is 11.2. The van der Waals surface area contributed by atoms with Gasteiger partial charge in [-0.2, -0.15) is 10.2 Å². The van der Waals surface area contributed by atoms with Crippen LogP contribution in [0.4, 0.5) is 11.4 Å². The van der Waals surface area contributed by atoms with Crippen molar-refractivity contribution in [2.45, 2.75) is 13.3 Å². The van der Waals surface area contributed by atoms with Gasteiger partial charge >= 0.3 is 5.97 Å². The molecule has 0 fully saturated rings. The zero-order chi connectivity index (χ0) is 18.8. The Hall–Kier alpha value is -3.15. The van der Waals surface area contributed by atoms with E-state index in [4.69, 9.17) is 14.2 Å². The van der Waals surface area contributed by atoms with Crippen LogP contribution in [-0.4, -0.2) is 26.3 Å². The zero-order valence-corrected chi connectivity index (χ0v) is 15.0. The Morgan fingerprint density at radius 2 is 1.46 bits per heavy atom. The minimum atomic E-state index is -0.378. The summed E-state index contributed by atoms with van der Waals surface area (Å²) in [6.45, 7) is 5.90. The smallest absolute Gasteiger partial charge is 0.333 e. The number of carbonyl (C=O) groups is 1. The maximum Gasteiger partial charge on any atom is 0.333 e. The molecule has 2 aromatic carbocycles. The number of ether oxygens (including phenoxy) is 3. The van der Waals surface area contributed by atoms with Crippen LogP contribution in [0.2, 0.25) is 0 Å². The molecule has 0 spiro atoms. The molecule has 0 aliphatic carbocycles. The fourth-order valence-electron chi connectivity index (χ4n) is 1.91. The molecule has 0 heterocycles. The summed E-state index contributed by atoms with van der Waals surface area (Å²) in [5.74, 6) is 1.12. The second-order valence-electron chi connectivity index (χ2n) is 5.51. The van der Waals surface area contributed by atoms with Gasteiger partial charge in [0, 0.05) is 12.0 Å². The van der Waals surface area contributed by atoms with Gasteiger partial charge in [0.25, 0.3) is 0 Å². The van der Waals surface area contributed by atoms with E-state index in [1.807, 2.05) is 48.5 Å². The van der Waals surface area contributed by atoms with Gasteiger partial charge in [0.1, 0.15) is 11.5 Å². The fourth-order valence-corrected chi connectivity index (χ4v) is 1.91. The Morgan fingerprint density at radius 1 is 0.923 bits per heavy atom. The lowest BCUT2D eigenvalue weighted by Crippen LogP contribution is -2.09. The molecule has 2 rings (SSSR count). The van der Waals surface area contributed by atoms with E-state index >= 15 is 0 Å². The van der Waals surface area contributed by atoms with Crippen LogP contribution in [0, 0.1) is 0 Å². The second-order valence-corrected chi connectivity index (χ2v) is 5.51. The third-order valence-electron chi connectivity index (χ3n) is 3.33. The largest absolute Gasteiger partial charge is 0.497 e. The summed E-state index contributed by atoms with van der Waals surface area (Å²) < 4.78 is 15.7. The molecule has 0 aromatic heterocycles. The Balaban J connectivity index is 1.76. The number of nitrogens with zero attached hydrogens (tertiary/aromatic N) is 2. The zero-order valence-electron chi connectivity index (χ0n) is 15.0. The molecule has 0 radical (unpaired) electrons. The highest BCUT2D eigenvalue weighted by atomic mass is 16.5. The molecular weight excluding hydrogens is 332 g/mol. The molecule has 0 atom stereocenters. The number of hydrogen-bond donors (Lipinski definition) is 0. The normalized spacial score (nSPS) is 10.5. The average Bonchev–Trinajstić information content (AvgIpc) is 2.67. The SMILES string of the molecule is C=C(C)C(=O)OCCCOc1ccc(N=Nc2ccc(OC)cc2)cc1. The van der Waals surface area contributed by atoms with Crippen LogP contribution in [0.15, 0.2) is 70.9 Å². The first-order chi connectivity index (χ1) is 12.6.